The maximum Gasteiger partial charge on any atom is 0.196 e. The number of thioether (sulfide) groups is 1. The number of Topliss-reactive ketones (excluding diaryl/α,β-unsaturated/α-hetero) is 1. The predicted molar refractivity (Wildman–Crippen MR) is 83.9 cm³/mol. The molecule has 0 radical (unpaired) electrons. The van der Waals surface area contributed by atoms with Gasteiger partial charge in [0.15, 0.2) is 16.6 Å². The van der Waals surface area contributed by atoms with E-state index >= 15 is 0 Å². The van der Waals surface area contributed by atoms with Crippen molar-refractivity contribution >= 4 is 23.2 Å². The average molecular weight is 297 g/mol. The predicted octanol–water partition coefficient (Wildman–Crippen LogP) is 3.27. The van der Waals surface area contributed by atoms with Crippen LogP contribution in [0.15, 0.2) is 53.8 Å². The minimum absolute atomic E-state index is 0.107. The van der Waals surface area contributed by atoms with E-state index in [9.17, 15) is 4.79 Å². The highest BCUT2D eigenvalue weighted by Gasteiger charge is 2.10. The van der Waals surface area contributed by atoms with Crippen molar-refractivity contribution in [3.05, 3.63) is 59.8 Å². The summed E-state index contributed by atoms with van der Waals surface area (Å²) in [5.74, 6) is 0.469. The van der Waals surface area contributed by atoms with Gasteiger partial charge in [-0.05, 0) is 24.1 Å². The van der Waals surface area contributed by atoms with Gasteiger partial charge >= 0.3 is 0 Å². The fraction of sp³-hybridized carbons (Fsp3) is 0.188. The van der Waals surface area contributed by atoms with Crippen LogP contribution < -0.4 is 0 Å². The van der Waals surface area contributed by atoms with E-state index in [1.165, 1.54) is 17.3 Å². The minimum Gasteiger partial charge on any atom is -0.293 e. The number of nitrogens with zero attached hydrogens (tertiary/aromatic N) is 3. The number of ketones is 1. The van der Waals surface area contributed by atoms with Crippen molar-refractivity contribution in [3.8, 4) is 0 Å². The van der Waals surface area contributed by atoms with E-state index in [-0.39, 0.29) is 5.78 Å². The van der Waals surface area contributed by atoms with Crippen molar-refractivity contribution in [2.75, 3.05) is 5.75 Å². The van der Waals surface area contributed by atoms with Crippen LogP contribution in [0.5, 0.6) is 0 Å². The van der Waals surface area contributed by atoms with Crippen LogP contribution in [0.2, 0.25) is 0 Å². The molecule has 0 fully saturated rings. The van der Waals surface area contributed by atoms with Crippen molar-refractivity contribution in [2.24, 2.45) is 0 Å². The lowest BCUT2D eigenvalue weighted by Crippen LogP contribution is -2.03. The van der Waals surface area contributed by atoms with Crippen LogP contribution in [0.25, 0.3) is 5.65 Å². The second kappa shape index (κ2) is 6.10. The number of fused-ring (bicyclic) bond motifs is 1. The summed E-state index contributed by atoms with van der Waals surface area (Å²) in [7, 11) is 0. The van der Waals surface area contributed by atoms with Crippen LogP contribution in [0.4, 0.5) is 0 Å². The Bertz CT molecular complexity index is 765. The largest absolute Gasteiger partial charge is 0.293 e. The van der Waals surface area contributed by atoms with E-state index in [1.54, 1.807) is 0 Å². The van der Waals surface area contributed by atoms with Crippen LogP contribution >= 0.6 is 11.8 Å². The summed E-state index contributed by atoms with van der Waals surface area (Å²) in [6, 6.07) is 13.5. The number of hydrogen-bond donors (Lipinski definition) is 0. The normalized spacial score (nSPS) is 10.9. The third-order valence-electron chi connectivity index (χ3n) is 3.30. The zero-order valence-electron chi connectivity index (χ0n) is 11.7. The molecule has 0 atom stereocenters. The molecule has 2 aromatic heterocycles. The first-order chi connectivity index (χ1) is 10.3. The first kappa shape index (κ1) is 13.8. The first-order valence-electron chi connectivity index (χ1n) is 6.82. The summed E-state index contributed by atoms with van der Waals surface area (Å²) in [5, 5.41) is 8.92. The van der Waals surface area contributed by atoms with Crippen molar-refractivity contribution in [2.45, 2.75) is 18.5 Å². The fourth-order valence-corrected chi connectivity index (χ4v) is 2.88. The van der Waals surface area contributed by atoms with Crippen LogP contribution in [0.1, 0.15) is 22.8 Å². The molecule has 106 valence electrons. The number of pyridine rings is 1. The first-order valence-corrected chi connectivity index (χ1v) is 7.81. The molecule has 2 heterocycles. The van der Waals surface area contributed by atoms with Crippen molar-refractivity contribution in [1.82, 2.24) is 14.6 Å². The van der Waals surface area contributed by atoms with Gasteiger partial charge in [-0.15, -0.1) is 10.2 Å². The molecule has 0 saturated carbocycles. The molecule has 3 aromatic rings. The zero-order chi connectivity index (χ0) is 14.7. The lowest BCUT2D eigenvalue weighted by molar-refractivity contribution is 0.102. The Labute approximate surface area is 127 Å². The number of aromatic nitrogens is 3. The molecule has 0 amide bonds. The SMILES string of the molecule is CCc1ccc(C(=O)CSc2nnc3ccccn23)cc1. The summed E-state index contributed by atoms with van der Waals surface area (Å²) in [6.45, 7) is 2.10. The molecular formula is C16H15N3OS. The second-order valence-corrected chi connectivity index (χ2v) is 5.62. The Morgan fingerprint density at radius 2 is 1.95 bits per heavy atom. The van der Waals surface area contributed by atoms with Gasteiger partial charge in [-0.1, -0.05) is 49.0 Å². The van der Waals surface area contributed by atoms with Crippen LogP contribution in [0, 0.1) is 0 Å². The van der Waals surface area contributed by atoms with Gasteiger partial charge in [-0.2, -0.15) is 0 Å². The Kier molecular flexibility index (Phi) is 4.01. The molecule has 1 aromatic carbocycles. The highest BCUT2D eigenvalue weighted by molar-refractivity contribution is 7.99. The number of rotatable bonds is 5. The average Bonchev–Trinajstić information content (AvgIpc) is 2.96. The van der Waals surface area contributed by atoms with Crippen LogP contribution in [0.3, 0.4) is 0 Å². The van der Waals surface area contributed by atoms with Crippen molar-refractivity contribution < 1.29 is 4.79 Å². The molecule has 0 aliphatic rings. The molecule has 0 spiro atoms. The summed E-state index contributed by atoms with van der Waals surface area (Å²) < 4.78 is 1.89. The van der Waals surface area contributed by atoms with Crippen molar-refractivity contribution in [3.63, 3.8) is 0 Å². The molecule has 0 saturated heterocycles. The molecule has 0 aliphatic heterocycles. The third kappa shape index (κ3) is 2.97. The molecular weight excluding hydrogens is 282 g/mol. The van der Waals surface area contributed by atoms with Gasteiger partial charge in [-0.25, -0.2) is 0 Å². The summed E-state index contributed by atoms with van der Waals surface area (Å²) in [6.07, 6.45) is 2.88. The number of carbonyl (C=O) groups is 1. The Morgan fingerprint density at radius 3 is 2.71 bits per heavy atom. The molecule has 4 nitrogen and oxygen atoms in total. The minimum atomic E-state index is 0.107. The Balaban J connectivity index is 1.70. The quantitative estimate of drug-likeness (QED) is 0.535. The van der Waals surface area contributed by atoms with E-state index < -0.39 is 0 Å². The fourth-order valence-electron chi connectivity index (χ4n) is 2.06. The molecule has 0 unspecified atom stereocenters. The molecule has 0 aliphatic carbocycles. The summed E-state index contributed by atoms with van der Waals surface area (Å²) in [4.78, 5) is 12.2. The van der Waals surface area contributed by atoms with E-state index in [1.807, 2.05) is 53.1 Å². The van der Waals surface area contributed by atoms with Gasteiger partial charge in [0.25, 0.3) is 0 Å². The Morgan fingerprint density at radius 1 is 1.14 bits per heavy atom. The van der Waals surface area contributed by atoms with Gasteiger partial charge in [0.1, 0.15) is 0 Å². The van der Waals surface area contributed by atoms with Crippen molar-refractivity contribution in [1.29, 1.82) is 0 Å². The zero-order valence-corrected chi connectivity index (χ0v) is 12.5. The highest BCUT2D eigenvalue weighted by Crippen LogP contribution is 2.18. The summed E-state index contributed by atoms with van der Waals surface area (Å²) in [5.41, 5.74) is 2.77. The van der Waals surface area contributed by atoms with Crippen LogP contribution in [-0.2, 0) is 6.42 Å². The molecule has 3 rings (SSSR count). The summed E-state index contributed by atoms with van der Waals surface area (Å²) >= 11 is 1.41. The van der Waals surface area contributed by atoms with E-state index in [2.05, 4.69) is 17.1 Å². The lowest BCUT2D eigenvalue weighted by atomic mass is 10.1. The van der Waals surface area contributed by atoms with Gasteiger partial charge in [0.2, 0.25) is 0 Å². The lowest BCUT2D eigenvalue weighted by Gasteiger charge is -2.02. The molecule has 5 heteroatoms. The van der Waals surface area contributed by atoms with E-state index in [4.69, 9.17) is 0 Å². The third-order valence-corrected chi connectivity index (χ3v) is 4.24. The molecule has 0 bridgehead atoms. The smallest absolute Gasteiger partial charge is 0.196 e. The second-order valence-electron chi connectivity index (χ2n) is 4.67. The molecule has 0 N–H and O–H groups in total. The van der Waals surface area contributed by atoms with Crippen LogP contribution in [-0.4, -0.2) is 26.1 Å². The van der Waals surface area contributed by atoms with Gasteiger partial charge in [0.05, 0.1) is 5.75 Å². The number of hydrogen-bond acceptors (Lipinski definition) is 4. The van der Waals surface area contributed by atoms with Gasteiger partial charge < -0.3 is 0 Å². The maximum atomic E-state index is 12.2. The maximum absolute atomic E-state index is 12.2. The monoisotopic (exact) mass is 297 g/mol. The van der Waals surface area contributed by atoms with Gasteiger partial charge in [-0.3, -0.25) is 9.20 Å². The Hall–Kier alpha value is -2.14. The standard InChI is InChI=1S/C16H15N3OS/c1-2-12-6-8-13(9-7-12)14(20)11-21-16-18-17-15-5-3-4-10-19(15)16/h3-10H,2,11H2,1H3. The number of carbonyl (C=O) groups excluding carboxylic acids is 1. The van der Waals surface area contributed by atoms with E-state index in [0.29, 0.717) is 5.75 Å². The highest BCUT2D eigenvalue weighted by atomic mass is 32.2. The number of aryl methyl sites for hydroxylation is 1. The number of benzene rings is 1. The topological polar surface area (TPSA) is 47.3 Å². The van der Waals surface area contributed by atoms with E-state index in [0.717, 1.165) is 22.8 Å². The molecule has 21 heavy (non-hydrogen) atoms. The van der Waals surface area contributed by atoms with Gasteiger partial charge in [0, 0.05) is 11.8 Å².